The van der Waals surface area contributed by atoms with Gasteiger partial charge in [-0.2, -0.15) is 10.2 Å². The third-order valence-electron chi connectivity index (χ3n) is 3.42. The molecule has 0 amide bonds. The number of hydrogen-bond donors (Lipinski definition) is 1. The van der Waals surface area contributed by atoms with E-state index < -0.39 is 0 Å². The summed E-state index contributed by atoms with van der Waals surface area (Å²) in [5, 5.41) is 12.3. The molecule has 0 aliphatic rings. The zero-order valence-electron chi connectivity index (χ0n) is 11.7. The predicted octanol–water partition coefficient (Wildman–Crippen LogP) is 1.47. The first kappa shape index (κ1) is 12.8. The molecule has 0 bridgehead atoms. The van der Waals surface area contributed by atoms with E-state index in [1.165, 1.54) is 11.3 Å². The molecule has 98 valence electrons. The minimum absolute atomic E-state index is 0.149. The Hall–Kier alpha value is -1.62. The van der Waals surface area contributed by atoms with Crippen LogP contribution < -0.4 is 5.32 Å². The van der Waals surface area contributed by atoms with Gasteiger partial charge in [0.1, 0.15) is 0 Å². The molecule has 0 aromatic carbocycles. The number of hydrogen-bond acceptors (Lipinski definition) is 3. The highest BCUT2D eigenvalue weighted by atomic mass is 15.3. The number of rotatable bonds is 4. The summed E-state index contributed by atoms with van der Waals surface area (Å²) in [6.45, 7) is 7.19. The van der Waals surface area contributed by atoms with Gasteiger partial charge in [0.2, 0.25) is 0 Å². The van der Waals surface area contributed by atoms with Crippen LogP contribution in [0, 0.1) is 13.8 Å². The third-order valence-corrected chi connectivity index (χ3v) is 3.42. The van der Waals surface area contributed by atoms with Gasteiger partial charge in [-0.15, -0.1) is 0 Å². The summed E-state index contributed by atoms with van der Waals surface area (Å²) in [4.78, 5) is 0. The van der Waals surface area contributed by atoms with Crippen molar-refractivity contribution in [1.29, 1.82) is 0 Å². The van der Waals surface area contributed by atoms with Crippen molar-refractivity contribution in [2.24, 2.45) is 14.1 Å². The highest BCUT2D eigenvalue weighted by molar-refractivity contribution is 5.34. The Morgan fingerprint density at radius 3 is 2.44 bits per heavy atom. The van der Waals surface area contributed by atoms with Gasteiger partial charge in [0.15, 0.2) is 0 Å². The highest BCUT2D eigenvalue weighted by Crippen LogP contribution is 2.26. The Kier molecular flexibility index (Phi) is 3.52. The van der Waals surface area contributed by atoms with Crippen LogP contribution in [0.15, 0.2) is 12.3 Å². The summed E-state index contributed by atoms with van der Waals surface area (Å²) in [6.07, 6.45) is 1.83. The lowest BCUT2D eigenvalue weighted by Crippen LogP contribution is -2.25. The van der Waals surface area contributed by atoms with Crippen molar-refractivity contribution in [3.63, 3.8) is 0 Å². The van der Waals surface area contributed by atoms with Gasteiger partial charge in [-0.25, -0.2) is 0 Å². The fraction of sp³-hybridized carbons (Fsp3) is 0.538. The van der Waals surface area contributed by atoms with E-state index in [0.717, 1.165) is 17.9 Å². The summed E-state index contributed by atoms with van der Waals surface area (Å²) in [6, 6.07) is 2.20. The van der Waals surface area contributed by atoms with Gasteiger partial charge >= 0.3 is 0 Å². The SMILES string of the molecule is CCNC(c1c(C)nn(C)c1C)c1ccnn1C. The molecule has 1 atom stereocenters. The van der Waals surface area contributed by atoms with E-state index in [9.17, 15) is 0 Å². The zero-order valence-corrected chi connectivity index (χ0v) is 11.7. The molecule has 0 aliphatic heterocycles. The van der Waals surface area contributed by atoms with E-state index in [-0.39, 0.29) is 6.04 Å². The van der Waals surface area contributed by atoms with Gasteiger partial charge in [-0.3, -0.25) is 9.36 Å². The van der Waals surface area contributed by atoms with E-state index in [2.05, 4.69) is 42.4 Å². The molecule has 1 N–H and O–H groups in total. The minimum Gasteiger partial charge on any atom is -0.305 e. The summed E-state index contributed by atoms with van der Waals surface area (Å²) in [7, 11) is 3.96. The molecule has 0 radical (unpaired) electrons. The van der Waals surface area contributed by atoms with Crippen LogP contribution in [0.1, 0.15) is 35.6 Å². The van der Waals surface area contributed by atoms with Crippen LogP contribution in [0.5, 0.6) is 0 Å². The third kappa shape index (κ3) is 2.06. The Balaban J connectivity index is 2.51. The van der Waals surface area contributed by atoms with Gasteiger partial charge in [-0.05, 0) is 26.5 Å². The summed E-state index contributed by atoms with van der Waals surface area (Å²) in [5.74, 6) is 0. The van der Waals surface area contributed by atoms with Crippen molar-refractivity contribution in [3.8, 4) is 0 Å². The van der Waals surface area contributed by atoms with Crippen molar-refractivity contribution in [2.75, 3.05) is 6.54 Å². The van der Waals surface area contributed by atoms with Crippen molar-refractivity contribution < 1.29 is 0 Å². The maximum atomic E-state index is 4.50. The molecular weight excluding hydrogens is 226 g/mol. The van der Waals surface area contributed by atoms with Gasteiger partial charge in [0.25, 0.3) is 0 Å². The van der Waals surface area contributed by atoms with E-state index in [1.54, 1.807) is 0 Å². The molecule has 2 aromatic heterocycles. The van der Waals surface area contributed by atoms with Crippen molar-refractivity contribution in [2.45, 2.75) is 26.8 Å². The monoisotopic (exact) mass is 247 g/mol. The van der Waals surface area contributed by atoms with Crippen molar-refractivity contribution in [1.82, 2.24) is 24.9 Å². The molecule has 2 rings (SSSR count). The van der Waals surface area contributed by atoms with E-state index in [0.29, 0.717) is 0 Å². The highest BCUT2D eigenvalue weighted by Gasteiger charge is 2.23. The fourth-order valence-electron chi connectivity index (χ4n) is 2.43. The molecule has 0 spiro atoms. The van der Waals surface area contributed by atoms with Crippen molar-refractivity contribution >= 4 is 0 Å². The molecule has 1 unspecified atom stereocenters. The van der Waals surface area contributed by atoms with Crippen LogP contribution in [0.25, 0.3) is 0 Å². The Labute approximate surface area is 108 Å². The van der Waals surface area contributed by atoms with E-state index in [4.69, 9.17) is 0 Å². The number of nitrogens with one attached hydrogen (secondary N) is 1. The molecule has 18 heavy (non-hydrogen) atoms. The van der Waals surface area contributed by atoms with Crippen LogP contribution in [0.2, 0.25) is 0 Å². The molecule has 0 fully saturated rings. The molecular formula is C13H21N5. The zero-order chi connectivity index (χ0) is 13.3. The van der Waals surface area contributed by atoms with Gasteiger partial charge < -0.3 is 5.32 Å². The van der Waals surface area contributed by atoms with E-state index >= 15 is 0 Å². The smallest absolute Gasteiger partial charge is 0.0784 e. The molecule has 2 heterocycles. The maximum Gasteiger partial charge on any atom is 0.0784 e. The largest absolute Gasteiger partial charge is 0.305 e. The lowest BCUT2D eigenvalue weighted by atomic mass is 10.0. The van der Waals surface area contributed by atoms with Crippen LogP contribution >= 0.6 is 0 Å². The topological polar surface area (TPSA) is 47.7 Å². The Bertz CT molecular complexity index is 538. The Morgan fingerprint density at radius 1 is 1.28 bits per heavy atom. The lowest BCUT2D eigenvalue weighted by molar-refractivity contribution is 0.568. The summed E-state index contributed by atoms with van der Waals surface area (Å²) < 4.78 is 3.85. The van der Waals surface area contributed by atoms with Gasteiger partial charge in [0, 0.05) is 31.5 Å². The van der Waals surface area contributed by atoms with Crippen LogP contribution in [-0.2, 0) is 14.1 Å². The maximum absolute atomic E-state index is 4.50. The predicted molar refractivity (Wildman–Crippen MR) is 71.4 cm³/mol. The summed E-state index contributed by atoms with van der Waals surface area (Å²) in [5.41, 5.74) is 4.68. The quantitative estimate of drug-likeness (QED) is 0.890. The molecule has 2 aromatic rings. The first-order chi connectivity index (χ1) is 8.56. The first-order valence-corrected chi connectivity index (χ1v) is 6.27. The summed E-state index contributed by atoms with van der Waals surface area (Å²) >= 11 is 0. The van der Waals surface area contributed by atoms with Crippen LogP contribution in [0.4, 0.5) is 0 Å². The number of aromatic nitrogens is 4. The molecule has 0 saturated heterocycles. The fourth-order valence-corrected chi connectivity index (χ4v) is 2.43. The Morgan fingerprint density at radius 2 is 2.00 bits per heavy atom. The van der Waals surface area contributed by atoms with Gasteiger partial charge in [-0.1, -0.05) is 6.92 Å². The van der Waals surface area contributed by atoms with Gasteiger partial charge in [0.05, 0.1) is 17.4 Å². The van der Waals surface area contributed by atoms with E-state index in [1.807, 2.05) is 29.7 Å². The second kappa shape index (κ2) is 4.94. The average Bonchev–Trinajstić information content (AvgIpc) is 2.83. The second-order valence-corrected chi connectivity index (χ2v) is 4.58. The average molecular weight is 247 g/mol. The van der Waals surface area contributed by atoms with Crippen LogP contribution in [0.3, 0.4) is 0 Å². The molecule has 0 aliphatic carbocycles. The first-order valence-electron chi connectivity index (χ1n) is 6.27. The minimum atomic E-state index is 0.149. The second-order valence-electron chi connectivity index (χ2n) is 4.58. The van der Waals surface area contributed by atoms with Crippen molar-refractivity contribution in [3.05, 3.63) is 34.9 Å². The normalized spacial score (nSPS) is 12.9. The number of nitrogens with zero attached hydrogens (tertiary/aromatic N) is 4. The number of aryl methyl sites for hydroxylation is 3. The molecule has 5 heteroatoms. The standard InChI is InChI=1S/C13H21N5/c1-6-14-13(11-7-8-15-18(11)5)12-9(2)16-17(4)10(12)3/h7-8,13-14H,6H2,1-5H3. The molecule has 0 saturated carbocycles. The lowest BCUT2D eigenvalue weighted by Gasteiger charge is -2.19. The van der Waals surface area contributed by atoms with Crippen LogP contribution in [-0.4, -0.2) is 26.1 Å². The molecule has 5 nitrogen and oxygen atoms in total.